The van der Waals surface area contributed by atoms with E-state index in [0.29, 0.717) is 16.8 Å². The summed E-state index contributed by atoms with van der Waals surface area (Å²) in [7, 11) is 0. The van der Waals surface area contributed by atoms with E-state index in [4.69, 9.17) is 17.0 Å². The first-order valence-electron chi connectivity index (χ1n) is 5.53. The zero-order valence-corrected chi connectivity index (χ0v) is 11.9. The smallest absolute Gasteiger partial charge is 0.374 e. The molecule has 0 aromatic rings. The molecule has 1 unspecified atom stereocenters. The largest absolute Gasteiger partial charge is 0.458 e. The van der Waals surface area contributed by atoms with E-state index in [1.807, 2.05) is 0 Å². The Morgan fingerprint density at radius 1 is 1.62 bits per heavy atom. The summed E-state index contributed by atoms with van der Waals surface area (Å²) in [5, 5.41) is -0.303. The van der Waals surface area contributed by atoms with Gasteiger partial charge in [-0.2, -0.15) is 0 Å². The van der Waals surface area contributed by atoms with Crippen molar-refractivity contribution < 1.29 is 9.53 Å². The Morgan fingerprint density at radius 3 is 2.69 bits per heavy atom. The van der Waals surface area contributed by atoms with Crippen molar-refractivity contribution in [3.8, 4) is 0 Å². The van der Waals surface area contributed by atoms with Crippen molar-refractivity contribution in [2.45, 2.75) is 39.7 Å². The van der Waals surface area contributed by atoms with Crippen molar-refractivity contribution in [1.82, 2.24) is 4.90 Å². The van der Waals surface area contributed by atoms with Crippen molar-refractivity contribution in [1.29, 1.82) is 0 Å². The van der Waals surface area contributed by atoms with E-state index in [2.05, 4.69) is 25.7 Å². The summed E-state index contributed by atoms with van der Waals surface area (Å²) < 4.78 is 5.51. The Morgan fingerprint density at radius 2 is 2.25 bits per heavy atom. The third kappa shape index (κ3) is 3.35. The van der Waals surface area contributed by atoms with Crippen molar-refractivity contribution >= 4 is 33.6 Å². The molecular formula is C11H19NO2S2. The summed E-state index contributed by atoms with van der Waals surface area (Å²) >= 11 is 6.32. The minimum Gasteiger partial charge on any atom is -0.458 e. The van der Waals surface area contributed by atoms with Gasteiger partial charge in [-0.25, -0.2) is 4.79 Å². The second-order valence-corrected chi connectivity index (χ2v) is 6.35. The third-order valence-corrected chi connectivity index (χ3v) is 3.88. The molecule has 1 aliphatic rings. The van der Waals surface area contributed by atoms with Gasteiger partial charge in [0.2, 0.25) is 0 Å². The summed E-state index contributed by atoms with van der Waals surface area (Å²) in [5.41, 5.74) is 0.0516. The molecule has 1 saturated heterocycles. The Balaban J connectivity index is 2.57. The van der Waals surface area contributed by atoms with Crippen LogP contribution >= 0.6 is 24.0 Å². The molecule has 0 aliphatic carbocycles. The predicted molar refractivity (Wildman–Crippen MR) is 71.8 cm³/mol. The van der Waals surface area contributed by atoms with E-state index in [9.17, 15) is 4.79 Å². The van der Waals surface area contributed by atoms with Gasteiger partial charge in [0, 0.05) is 23.8 Å². The van der Waals surface area contributed by atoms with Crippen LogP contribution in [0.2, 0.25) is 0 Å². The number of thioether (sulfide) groups is 1. The van der Waals surface area contributed by atoms with Crippen LogP contribution in [0, 0.1) is 5.92 Å². The molecule has 1 atom stereocenters. The van der Waals surface area contributed by atoms with Gasteiger partial charge in [0.1, 0.15) is 4.32 Å². The second-order valence-electron chi connectivity index (χ2n) is 4.78. The topological polar surface area (TPSA) is 29.5 Å². The lowest BCUT2D eigenvalue weighted by atomic mass is 9.98. The van der Waals surface area contributed by atoms with Gasteiger partial charge in [-0.3, -0.25) is 0 Å². The maximum Gasteiger partial charge on any atom is 0.374 e. The lowest BCUT2D eigenvalue weighted by Gasteiger charge is -2.32. The van der Waals surface area contributed by atoms with Crippen molar-refractivity contribution in [2.75, 3.05) is 13.2 Å². The van der Waals surface area contributed by atoms with E-state index < -0.39 is 0 Å². The SMILES string of the molecule is CCOC(=O)SC(=S)N1CC(C)CC1(C)C. The number of hydrogen-bond donors (Lipinski definition) is 0. The molecule has 1 heterocycles. The number of hydrogen-bond acceptors (Lipinski definition) is 4. The van der Waals surface area contributed by atoms with Crippen LogP contribution in [0.4, 0.5) is 4.79 Å². The van der Waals surface area contributed by atoms with E-state index in [-0.39, 0.29) is 10.8 Å². The third-order valence-electron chi connectivity index (χ3n) is 2.73. The van der Waals surface area contributed by atoms with Crippen LogP contribution in [0.3, 0.4) is 0 Å². The van der Waals surface area contributed by atoms with Gasteiger partial charge in [0.25, 0.3) is 0 Å². The Hall–Kier alpha value is -0.290. The fourth-order valence-electron chi connectivity index (χ4n) is 2.18. The molecule has 3 nitrogen and oxygen atoms in total. The highest BCUT2D eigenvalue weighted by Gasteiger charge is 2.38. The van der Waals surface area contributed by atoms with Gasteiger partial charge >= 0.3 is 5.30 Å². The molecule has 1 aliphatic heterocycles. The molecule has 0 spiro atoms. The summed E-state index contributed by atoms with van der Waals surface area (Å²) in [5.74, 6) is 0.621. The van der Waals surface area contributed by atoms with Crippen molar-refractivity contribution in [3.05, 3.63) is 0 Å². The zero-order valence-electron chi connectivity index (χ0n) is 10.3. The van der Waals surface area contributed by atoms with Gasteiger partial charge in [0.15, 0.2) is 0 Å². The fraction of sp³-hybridized carbons (Fsp3) is 0.818. The van der Waals surface area contributed by atoms with Gasteiger partial charge in [-0.1, -0.05) is 19.1 Å². The van der Waals surface area contributed by atoms with Gasteiger partial charge < -0.3 is 9.64 Å². The highest BCUT2D eigenvalue weighted by atomic mass is 32.2. The summed E-state index contributed by atoms with van der Waals surface area (Å²) in [6, 6.07) is 0. The second kappa shape index (κ2) is 5.36. The predicted octanol–water partition coefficient (Wildman–Crippen LogP) is 3.28. The molecule has 0 radical (unpaired) electrons. The summed E-state index contributed by atoms with van der Waals surface area (Å²) in [4.78, 5) is 13.5. The Kier molecular flexibility index (Phi) is 4.62. The molecule has 0 saturated carbocycles. The van der Waals surface area contributed by atoms with Crippen molar-refractivity contribution in [2.24, 2.45) is 5.92 Å². The average Bonchev–Trinajstić information content (AvgIpc) is 2.39. The number of nitrogens with zero attached hydrogens (tertiary/aromatic N) is 1. The quantitative estimate of drug-likeness (QED) is 0.534. The number of thiocarbonyl (C=S) groups is 1. The minimum atomic E-state index is -0.303. The van der Waals surface area contributed by atoms with E-state index in [0.717, 1.165) is 24.7 Å². The van der Waals surface area contributed by atoms with Crippen LogP contribution in [0.15, 0.2) is 0 Å². The molecule has 0 aromatic heterocycles. The highest BCUT2D eigenvalue weighted by molar-refractivity contribution is 8.32. The van der Waals surface area contributed by atoms with E-state index >= 15 is 0 Å². The van der Waals surface area contributed by atoms with Gasteiger partial charge in [-0.15, -0.1) is 0 Å². The number of likely N-dealkylation sites (tertiary alicyclic amines) is 1. The normalized spacial score (nSPS) is 23.2. The van der Waals surface area contributed by atoms with Crippen LogP contribution in [0.5, 0.6) is 0 Å². The fourth-order valence-corrected chi connectivity index (χ4v) is 3.46. The van der Waals surface area contributed by atoms with E-state index in [1.165, 1.54) is 0 Å². The average molecular weight is 261 g/mol. The maximum atomic E-state index is 11.3. The minimum absolute atomic E-state index is 0.0516. The number of ether oxygens (including phenoxy) is 1. The van der Waals surface area contributed by atoms with Crippen LogP contribution in [0.25, 0.3) is 0 Å². The molecule has 1 rings (SSSR count). The van der Waals surface area contributed by atoms with Crippen LogP contribution in [-0.2, 0) is 4.74 Å². The molecule has 0 amide bonds. The molecular weight excluding hydrogens is 242 g/mol. The first-order valence-corrected chi connectivity index (χ1v) is 6.75. The molecule has 5 heteroatoms. The first-order chi connectivity index (χ1) is 7.36. The Bertz CT molecular complexity index is 292. The molecule has 92 valence electrons. The molecule has 0 N–H and O–H groups in total. The number of carbonyl (C=O) groups is 1. The monoisotopic (exact) mass is 261 g/mol. The zero-order chi connectivity index (χ0) is 12.3. The lowest BCUT2D eigenvalue weighted by molar-refractivity contribution is 0.181. The van der Waals surface area contributed by atoms with Crippen LogP contribution < -0.4 is 0 Å². The van der Waals surface area contributed by atoms with Crippen LogP contribution in [0.1, 0.15) is 34.1 Å². The summed E-state index contributed by atoms with van der Waals surface area (Å²) in [6.07, 6.45) is 1.11. The standard InChI is InChI=1S/C11H19NO2S2/c1-5-14-10(13)16-9(15)12-7-8(2)6-11(12,3)4/h8H,5-7H2,1-4H3. The highest BCUT2D eigenvalue weighted by Crippen LogP contribution is 2.34. The first kappa shape index (κ1) is 13.8. The number of carbonyl (C=O) groups excluding carboxylic acids is 1. The lowest BCUT2D eigenvalue weighted by Crippen LogP contribution is -2.40. The molecule has 1 fully saturated rings. The van der Waals surface area contributed by atoms with E-state index in [1.54, 1.807) is 6.92 Å². The van der Waals surface area contributed by atoms with Gasteiger partial charge in [0.05, 0.1) is 6.61 Å². The Labute approximate surface area is 107 Å². The molecule has 0 bridgehead atoms. The van der Waals surface area contributed by atoms with Crippen molar-refractivity contribution in [3.63, 3.8) is 0 Å². The maximum absolute atomic E-state index is 11.3. The van der Waals surface area contributed by atoms with Crippen LogP contribution in [-0.4, -0.2) is 33.2 Å². The number of rotatable bonds is 1. The van der Waals surface area contributed by atoms with Gasteiger partial charge in [-0.05, 0) is 33.1 Å². The summed E-state index contributed by atoms with van der Waals surface area (Å²) in [6.45, 7) is 9.65. The molecule has 0 aromatic carbocycles. The molecule has 16 heavy (non-hydrogen) atoms.